The van der Waals surface area contributed by atoms with Crippen LogP contribution >= 0.6 is 0 Å². The van der Waals surface area contributed by atoms with Gasteiger partial charge in [-0.05, 0) is 42.5 Å². The highest BCUT2D eigenvalue weighted by Gasteiger charge is 2.34. The van der Waals surface area contributed by atoms with Gasteiger partial charge in [0, 0.05) is 36.1 Å². The van der Waals surface area contributed by atoms with E-state index in [0.717, 1.165) is 30.6 Å². The summed E-state index contributed by atoms with van der Waals surface area (Å²) in [5, 5.41) is 5.40. The van der Waals surface area contributed by atoms with Crippen LogP contribution in [0, 0.1) is 6.92 Å². The topological polar surface area (TPSA) is 66.8 Å². The molecule has 0 saturated carbocycles. The molecule has 1 aliphatic heterocycles. The average Bonchev–Trinajstić information content (AvgIpc) is 3.41. The zero-order chi connectivity index (χ0) is 20.5. The second-order valence-electron chi connectivity index (χ2n) is 7.92. The molecule has 0 bridgehead atoms. The van der Waals surface area contributed by atoms with Gasteiger partial charge in [-0.15, -0.1) is 0 Å². The Bertz CT molecular complexity index is 1180. The molecule has 0 aliphatic carbocycles. The number of carbonyl (C=O) groups is 1. The van der Waals surface area contributed by atoms with Crippen LogP contribution in [0.1, 0.15) is 41.3 Å². The maximum absolute atomic E-state index is 13.3. The van der Waals surface area contributed by atoms with Crippen molar-refractivity contribution in [1.82, 2.24) is 24.6 Å². The lowest BCUT2D eigenvalue weighted by molar-refractivity contribution is -0.133. The van der Waals surface area contributed by atoms with Crippen LogP contribution in [0.2, 0.25) is 0 Å². The van der Waals surface area contributed by atoms with E-state index in [-0.39, 0.29) is 11.9 Å². The molecule has 1 N–H and O–H groups in total. The highest BCUT2D eigenvalue weighted by molar-refractivity contribution is 5.86. The van der Waals surface area contributed by atoms with Crippen LogP contribution in [0.25, 0.3) is 10.9 Å². The molecule has 0 unspecified atom stereocenters. The number of aromatic nitrogens is 4. The zero-order valence-corrected chi connectivity index (χ0v) is 17.1. The Kier molecular flexibility index (Phi) is 4.83. The first-order valence-electron chi connectivity index (χ1n) is 10.5. The van der Waals surface area contributed by atoms with Gasteiger partial charge in [0.1, 0.15) is 12.7 Å². The molecule has 3 heterocycles. The number of nitrogens with one attached hydrogen (secondary N) is 1. The highest BCUT2D eigenvalue weighted by Crippen LogP contribution is 2.39. The van der Waals surface area contributed by atoms with Crippen LogP contribution in [-0.4, -0.2) is 37.1 Å². The molecule has 0 fully saturated rings. The Morgan fingerprint density at radius 2 is 2.00 bits per heavy atom. The monoisotopic (exact) mass is 399 g/mol. The smallest absolute Gasteiger partial charge is 0.223 e. The van der Waals surface area contributed by atoms with Crippen LogP contribution in [0.3, 0.4) is 0 Å². The Morgan fingerprint density at radius 1 is 1.17 bits per heavy atom. The third-order valence-corrected chi connectivity index (χ3v) is 6.08. The molecule has 2 aromatic carbocycles. The fourth-order valence-corrected chi connectivity index (χ4v) is 4.61. The molecule has 30 heavy (non-hydrogen) atoms. The van der Waals surface area contributed by atoms with Gasteiger partial charge < -0.3 is 9.88 Å². The summed E-state index contributed by atoms with van der Waals surface area (Å²) in [6, 6.07) is 16.7. The SMILES string of the molecule is Cc1ccccc1[C@@H]1c2[nH]c3ccccc3c2CCN1C(=O)CCCn1cncn1. The first-order chi connectivity index (χ1) is 14.7. The molecular formula is C24H25N5O. The molecule has 6 nitrogen and oxygen atoms in total. The van der Waals surface area contributed by atoms with E-state index in [1.807, 2.05) is 0 Å². The van der Waals surface area contributed by atoms with E-state index in [0.29, 0.717) is 13.0 Å². The average molecular weight is 399 g/mol. The second kappa shape index (κ2) is 7.78. The minimum atomic E-state index is -0.0822. The fraction of sp³-hybridized carbons (Fsp3) is 0.292. The molecule has 5 rings (SSSR count). The molecular weight excluding hydrogens is 374 g/mol. The number of nitrogens with zero attached hydrogens (tertiary/aromatic N) is 4. The number of hydrogen-bond donors (Lipinski definition) is 1. The van der Waals surface area contributed by atoms with Crippen molar-refractivity contribution in [3.05, 3.63) is 83.6 Å². The molecule has 0 spiro atoms. The Labute approximate surface area is 175 Å². The van der Waals surface area contributed by atoms with Crippen molar-refractivity contribution >= 4 is 16.8 Å². The molecule has 1 aliphatic rings. The van der Waals surface area contributed by atoms with Gasteiger partial charge in [-0.1, -0.05) is 42.5 Å². The minimum absolute atomic E-state index is 0.0822. The quantitative estimate of drug-likeness (QED) is 0.551. The van der Waals surface area contributed by atoms with Crippen LogP contribution in [0.4, 0.5) is 0 Å². The summed E-state index contributed by atoms with van der Waals surface area (Å²) < 4.78 is 1.78. The minimum Gasteiger partial charge on any atom is -0.356 e. The molecule has 152 valence electrons. The zero-order valence-electron chi connectivity index (χ0n) is 17.1. The molecule has 0 saturated heterocycles. The summed E-state index contributed by atoms with van der Waals surface area (Å²) >= 11 is 0. The van der Waals surface area contributed by atoms with Crippen molar-refractivity contribution in [2.75, 3.05) is 6.54 Å². The van der Waals surface area contributed by atoms with Gasteiger partial charge in [0.2, 0.25) is 5.91 Å². The van der Waals surface area contributed by atoms with Crippen molar-refractivity contribution < 1.29 is 4.79 Å². The number of H-pyrrole nitrogens is 1. The molecule has 0 radical (unpaired) electrons. The number of rotatable bonds is 5. The second-order valence-corrected chi connectivity index (χ2v) is 7.92. The number of fused-ring (bicyclic) bond motifs is 3. The normalized spacial score (nSPS) is 16.0. The molecule has 1 atom stereocenters. The maximum atomic E-state index is 13.3. The van der Waals surface area contributed by atoms with Crippen molar-refractivity contribution in [3.63, 3.8) is 0 Å². The number of hydrogen-bond acceptors (Lipinski definition) is 3. The first-order valence-corrected chi connectivity index (χ1v) is 10.5. The summed E-state index contributed by atoms with van der Waals surface area (Å²) in [5.74, 6) is 0.188. The van der Waals surface area contributed by atoms with E-state index in [1.54, 1.807) is 11.0 Å². The lowest BCUT2D eigenvalue weighted by Gasteiger charge is -2.37. The van der Waals surface area contributed by atoms with Gasteiger partial charge in [0.15, 0.2) is 0 Å². The van der Waals surface area contributed by atoms with Crippen molar-refractivity contribution in [2.24, 2.45) is 0 Å². The molecule has 2 aromatic heterocycles. The number of aromatic amines is 1. The van der Waals surface area contributed by atoms with Crippen LogP contribution in [0.5, 0.6) is 0 Å². The first kappa shape index (κ1) is 18.6. The van der Waals surface area contributed by atoms with E-state index in [9.17, 15) is 4.79 Å². The van der Waals surface area contributed by atoms with Gasteiger partial charge in [0.05, 0.1) is 6.04 Å². The lowest BCUT2D eigenvalue weighted by atomic mass is 9.90. The Morgan fingerprint density at radius 3 is 2.83 bits per heavy atom. The summed E-state index contributed by atoms with van der Waals surface area (Å²) in [5.41, 5.74) is 6.03. The van der Waals surface area contributed by atoms with Gasteiger partial charge in [-0.25, -0.2) is 4.98 Å². The largest absolute Gasteiger partial charge is 0.356 e. The van der Waals surface area contributed by atoms with Gasteiger partial charge in [-0.3, -0.25) is 9.48 Å². The third kappa shape index (κ3) is 3.28. The third-order valence-electron chi connectivity index (χ3n) is 6.08. The van der Waals surface area contributed by atoms with E-state index >= 15 is 0 Å². The summed E-state index contributed by atoms with van der Waals surface area (Å²) in [6.45, 7) is 3.56. The lowest BCUT2D eigenvalue weighted by Crippen LogP contribution is -2.40. The van der Waals surface area contributed by atoms with Gasteiger partial charge >= 0.3 is 0 Å². The molecule has 4 aromatic rings. The maximum Gasteiger partial charge on any atom is 0.223 e. The van der Waals surface area contributed by atoms with Crippen LogP contribution < -0.4 is 0 Å². The highest BCUT2D eigenvalue weighted by atomic mass is 16.2. The number of benzene rings is 2. The van der Waals surface area contributed by atoms with Crippen molar-refractivity contribution in [1.29, 1.82) is 0 Å². The van der Waals surface area contributed by atoms with Crippen LogP contribution in [-0.2, 0) is 17.8 Å². The summed E-state index contributed by atoms with van der Waals surface area (Å²) in [4.78, 5) is 23.0. The van der Waals surface area contributed by atoms with E-state index in [4.69, 9.17) is 0 Å². The fourth-order valence-electron chi connectivity index (χ4n) is 4.61. The number of para-hydroxylation sites is 1. The van der Waals surface area contributed by atoms with E-state index in [1.165, 1.54) is 28.4 Å². The predicted octanol–water partition coefficient (Wildman–Crippen LogP) is 4.02. The number of carbonyl (C=O) groups excluding carboxylic acids is 1. The van der Waals surface area contributed by atoms with Gasteiger partial charge in [-0.2, -0.15) is 5.10 Å². The summed E-state index contributed by atoms with van der Waals surface area (Å²) in [7, 11) is 0. The standard InChI is InChI=1S/C24H25N5O/c1-17-7-2-3-8-18(17)24-23-20(19-9-4-5-10-21(19)27-23)12-14-29(24)22(30)11-6-13-28-16-25-15-26-28/h2-5,7-10,15-16,24,27H,6,11-14H2,1H3/t24-/m1/s1. The number of aryl methyl sites for hydroxylation is 2. The predicted molar refractivity (Wildman–Crippen MR) is 116 cm³/mol. The summed E-state index contributed by atoms with van der Waals surface area (Å²) in [6.07, 6.45) is 5.34. The van der Waals surface area contributed by atoms with Gasteiger partial charge in [0.25, 0.3) is 0 Å². The van der Waals surface area contributed by atoms with Crippen molar-refractivity contribution in [2.45, 2.75) is 38.8 Å². The molecule has 1 amide bonds. The Balaban J connectivity index is 1.49. The number of amides is 1. The van der Waals surface area contributed by atoms with E-state index < -0.39 is 0 Å². The van der Waals surface area contributed by atoms with E-state index in [2.05, 4.69) is 75.4 Å². The Hall–Kier alpha value is -3.41. The molecule has 6 heteroatoms. The van der Waals surface area contributed by atoms with Crippen molar-refractivity contribution in [3.8, 4) is 0 Å². The van der Waals surface area contributed by atoms with Crippen LogP contribution in [0.15, 0.2) is 61.2 Å².